The normalized spacial score (nSPS) is 13.4. The van der Waals surface area contributed by atoms with Crippen molar-refractivity contribution in [3.05, 3.63) is 30.3 Å². The minimum Gasteiger partial charge on any atom is -0.492 e. The molecule has 1 aromatic rings. The van der Waals surface area contributed by atoms with Crippen LogP contribution in [0.15, 0.2) is 35.3 Å². The predicted molar refractivity (Wildman–Crippen MR) is 70.6 cm³/mol. The van der Waals surface area contributed by atoms with E-state index in [1.54, 1.807) is 0 Å². The summed E-state index contributed by atoms with van der Waals surface area (Å²) in [6, 6.07) is 9.80. The van der Waals surface area contributed by atoms with Gasteiger partial charge in [0.25, 0.3) is 0 Å². The Kier molecular flexibility index (Phi) is 5.71. The number of hydrogen-bond acceptors (Lipinski definition) is 4. The monoisotopic (exact) mass is 285 g/mol. The number of halogens is 1. The van der Waals surface area contributed by atoms with E-state index in [-0.39, 0.29) is 17.0 Å². The van der Waals surface area contributed by atoms with Gasteiger partial charge in [0.15, 0.2) is 5.96 Å². The molecule has 2 rings (SSSR count). The highest BCUT2D eigenvalue weighted by molar-refractivity contribution is 8.93. The molecule has 0 saturated carbocycles. The zero-order valence-corrected chi connectivity index (χ0v) is 10.7. The minimum atomic E-state index is 0. The molecule has 0 fully saturated rings. The van der Waals surface area contributed by atoms with Gasteiger partial charge in [-0.25, -0.2) is 0 Å². The molecular weight excluding hydrogens is 270 g/mol. The molecule has 0 unspecified atom stereocenters. The molecule has 2 N–H and O–H groups in total. The highest BCUT2D eigenvalue weighted by Crippen LogP contribution is 2.07. The Morgan fingerprint density at radius 1 is 1.31 bits per heavy atom. The number of nitrogens with one attached hydrogen (secondary N) is 2. The molecular formula is C11H16BrN3O. The van der Waals surface area contributed by atoms with Crippen molar-refractivity contribution in [1.82, 2.24) is 10.6 Å². The number of benzene rings is 1. The number of hydrogen-bond donors (Lipinski definition) is 2. The fraction of sp³-hybridized carbons (Fsp3) is 0.364. The smallest absolute Gasteiger partial charge is 0.191 e. The van der Waals surface area contributed by atoms with Gasteiger partial charge in [-0.15, -0.1) is 17.0 Å². The summed E-state index contributed by atoms with van der Waals surface area (Å²) in [5.74, 6) is 1.78. The zero-order valence-electron chi connectivity index (χ0n) is 8.98. The maximum absolute atomic E-state index is 5.52. The van der Waals surface area contributed by atoms with E-state index >= 15 is 0 Å². The van der Waals surface area contributed by atoms with Crippen LogP contribution in [0.4, 0.5) is 0 Å². The number of aliphatic imine (C=N–C) groups is 1. The van der Waals surface area contributed by atoms with Crippen LogP contribution < -0.4 is 15.4 Å². The first-order valence-corrected chi connectivity index (χ1v) is 5.15. The van der Waals surface area contributed by atoms with Crippen LogP contribution in [0.1, 0.15) is 0 Å². The quantitative estimate of drug-likeness (QED) is 0.817. The molecule has 1 aliphatic rings. The van der Waals surface area contributed by atoms with E-state index in [9.17, 15) is 0 Å². The fourth-order valence-corrected chi connectivity index (χ4v) is 1.37. The minimum absolute atomic E-state index is 0. The fourth-order valence-electron chi connectivity index (χ4n) is 1.37. The Hall–Kier alpha value is -1.23. The topological polar surface area (TPSA) is 45.6 Å². The van der Waals surface area contributed by atoms with Gasteiger partial charge in [0.05, 0.1) is 13.1 Å². The van der Waals surface area contributed by atoms with Gasteiger partial charge in [-0.05, 0) is 12.1 Å². The maximum Gasteiger partial charge on any atom is 0.191 e. The van der Waals surface area contributed by atoms with E-state index in [0.717, 1.165) is 31.3 Å². The summed E-state index contributed by atoms with van der Waals surface area (Å²) in [5.41, 5.74) is 0. The Morgan fingerprint density at radius 2 is 2.12 bits per heavy atom. The SMILES string of the molecule is Br.c1ccc(OCCNC2=NCCN2)cc1. The Balaban J connectivity index is 0.00000128. The third-order valence-corrected chi connectivity index (χ3v) is 2.08. The van der Waals surface area contributed by atoms with Crippen molar-refractivity contribution in [3.63, 3.8) is 0 Å². The molecule has 0 atom stereocenters. The van der Waals surface area contributed by atoms with E-state index in [1.807, 2.05) is 30.3 Å². The van der Waals surface area contributed by atoms with Gasteiger partial charge in [-0.3, -0.25) is 4.99 Å². The molecule has 0 bridgehead atoms. The Morgan fingerprint density at radius 3 is 2.81 bits per heavy atom. The summed E-state index contributed by atoms with van der Waals surface area (Å²) in [6.45, 7) is 3.20. The van der Waals surface area contributed by atoms with Crippen LogP contribution in [0, 0.1) is 0 Å². The van der Waals surface area contributed by atoms with Gasteiger partial charge in [0.2, 0.25) is 0 Å². The molecule has 4 nitrogen and oxygen atoms in total. The van der Waals surface area contributed by atoms with Gasteiger partial charge in [0.1, 0.15) is 12.4 Å². The first kappa shape index (κ1) is 12.8. The number of ether oxygens (including phenoxy) is 1. The molecule has 0 amide bonds. The average molecular weight is 286 g/mol. The van der Waals surface area contributed by atoms with Gasteiger partial charge >= 0.3 is 0 Å². The second-order valence-electron chi connectivity index (χ2n) is 3.25. The molecule has 1 aliphatic heterocycles. The summed E-state index contributed by atoms with van der Waals surface area (Å²) in [7, 11) is 0. The molecule has 0 spiro atoms. The van der Waals surface area contributed by atoms with Crippen LogP contribution in [0.3, 0.4) is 0 Å². The highest BCUT2D eigenvalue weighted by Gasteiger charge is 2.02. The van der Waals surface area contributed by atoms with Crippen LogP contribution in [-0.2, 0) is 0 Å². The van der Waals surface area contributed by atoms with Crippen molar-refractivity contribution in [2.45, 2.75) is 0 Å². The highest BCUT2D eigenvalue weighted by atomic mass is 79.9. The van der Waals surface area contributed by atoms with Crippen LogP contribution >= 0.6 is 17.0 Å². The predicted octanol–water partition coefficient (Wildman–Crippen LogP) is 1.19. The number of rotatable bonds is 4. The van der Waals surface area contributed by atoms with Gasteiger partial charge in [0, 0.05) is 6.54 Å². The van der Waals surface area contributed by atoms with E-state index in [1.165, 1.54) is 0 Å². The van der Waals surface area contributed by atoms with E-state index < -0.39 is 0 Å². The average Bonchev–Trinajstić information content (AvgIpc) is 2.79. The summed E-state index contributed by atoms with van der Waals surface area (Å²) in [5, 5.41) is 6.30. The second kappa shape index (κ2) is 7.11. The summed E-state index contributed by atoms with van der Waals surface area (Å²) < 4.78 is 5.52. The first-order chi connectivity index (χ1) is 7.45. The van der Waals surface area contributed by atoms with Crippen LogP contribution in [0.2, 0.25) is 0 Å². The Labute approximate surface area is 106 Å². The molecule has 0 radical (unpaired) electrons. The molecule has 16 heavy (non-hydrogen) atoms. The van der Waals surface area contributed by atoms with Gasteiger partial charge in [-0.1, -0.05) is 18.2 Å². The number of guanidine groups is 1. The van der Waals surface area contributed by atoms with Crippen LogP contribution in [-0.4, -0.2) is 32.2 Å². The largest absolute Gasteiger partial charge is 0.492 e. The van der Waals surface area contributed by atoms with Crippen molar-refractivity contribution in [2.24, 2.45) is 4.99 Å². The van der Waals surface area contributed by atoms with Gasteiger partial charge in [-0.2, -0.15) is 0 Å². The van der Waals surface area contributed by atoms with Crippen molar-refractivity contribution in [3.8, 4) is 5.75 Å². The maximum atomic E-state index is 5.52. The third-order valence-electron chi connectivity index (χ3n) is 2.08. The molecule has 88 valence electrons. The number of nitrogens with zero attached hydrogens (tertiary/aromatic N) is 1. The lowest BCUT2D eigenvalue weighted by atomic mass is 10.3. The van der Waals surface area contributed by atoms with Crippen LogP contribution in [0.25, 0.3) is 0 Å². The summed E-state index contributed by atoms with van der Waals surface area (Å²) in [6.07, 6.45) is 0. The van der Waals surface area contributed by atoms with Crippen molar-refractivity contribution in [2.75, 3.05) is 26.2 Å². The van der Waals surface area contributed by atoms with Gasteiger partial charge < -0.3 is 15.4 Å². The second-order valence-corrected chi connectivity index (χ2v) is 3.25. The molecule has 0 aromatic heterocycles. The molecule has 1 aromatic carbocycles. The van der Waals surface area contributed by atoms with Crippen molar-refractivity contribution in [1.29, 1.82) is 0 Å². The number of para-hydroxylation sites is 1. The van der Waals surface area contributed by atoms with E-state index in [4.69, 9.17) is 4.74 Å². The lowest BCUT2D eigenvalue weighted by molar-refractivity contribution is 0.322. The lowest BCUT2D eigenvalue weighted by Crippen LogP contribution is -2.36. The third kappa shape index (κ3) is 4.10. The van der Waals surface area contributed by atoms with Crippen molar-refractivity contribution >= 4 is 22.9 Å². The van der Waals surface area contributed by atoms with Crippen molar-refractivity contribution < 1.29 is 4.74 Å². The molecule has 1 heterocycles. The zero-order chi connectivity index (χ0) is 10.3. The summed E-state index contributed by atoms with van der Waals surface area (Å²) >= 11 is 0. The standard InChI is InChI=1S/C11H15N3O.BrH/c1-2-4-10(5-3-1)15-9-8-14-11-12-6-7-13-11;/h1-5H,6-9H2,(H2,12,13,14);1H. The molecule has 0 aliphatic carbocycles. The molecule has 5 heteroatoms. The van der Waals surface area contributed by atoms with E-state index in [0.29, 0.717) is 6.61 Å². The summed E-state index contributed by atoms with van der Waals surface area (Å²) in [4.78, 5) is 4.22. The van der Waals surface area contributed by atoms with Crippen LogP contribution in [0.5, 0.6) is 5.75 Å². The van der Waals surface area contributed by atoms with E-state index in [2.05, 4.69) is 15.6 Å². The first-order valence-electron chi connectivity index (χ1n) is 5.15. The lowest BCUT2D eigenvalue weighted by Gasteiger charge is -2.08. The molecule has 0 saturated heterocycles. The Bertz CT molecular complexity index is 329.